The van der Waals surface area contributed by atoms with Gasteiger partial charge in [0.2, 0.25) is 5.91 Å². The van der Waals surface area contributed by atoms with Gasteiger partial charge in [-0.05, 0) is 62.9 Å². The summed E-state index contributed by atoms with van der Waals surface area (Å²) in [5, 5.41) is 3.29. The number of aryl methyl sites for hydroxylation is 2. The van der Waals surface area contributed by atoms with Gasteiger partial charge in [-0.15, -0.1) is 0 Å². The van der Waals surface area contributed by atoms with Gasteiger partial charge in [0.1, 0.15) is 0 Å². The fourth-order valence-corrected chi connectivity index (χ4v) is 3.89. The van der Waals surface area contributed by atoms with E-state index in [1.54, 1.807) is 0 Å². The first-order valence-corrected chi connectivity index (χ1v) is 10.2. The zero-order valence-electron chi connectivity index (χ0n) is 16.9. The number of carbonyl (C=O) groups excluding carboxylic acids is 1. The zero-order valence-corrected chi connectivity index (χ0v) is 16.9. The van der Waals surface area contributed by atoms with Crippen molar-refractivity contribution < 1.29 is 4.79 Å². The van der Waals surface area contributed by atoms with Crippen LogP contribution >= 0.6 is 0 Å². The van der Waals surface area contributed by atoms with Crippen molar-refractivity contribution in [3.05, 3.63) is 70.8 Å². The SMILES string of the molecule is CC[C@@H](NC(=O)C1CCN(Cc2ccccc2C)CC1)c1ccc(C)cc1. The molecule has 2 aromatic rings. The van der Waals surface area contributed by atoms with Gasteiger partial charge >= 0.3 is 0 Å². The van der Waals surface area contributed by atoms with Gasteiger partial charge in [0.05, 0.1) is 6.04 Å². The Kier molecular flexibility index (Phi) is 6.68. The second-order valence-electron chi connectivity index (χ2n) is 7.86. The summed E-state index contributed by atoms with van der Waals surface area (Å²) in [5.41, 5.74) is 5.20. The summed E-state index contributed by atoms with van der Waals surface area (Å²) >= 11 is 0. The van der Waals surface area contributed by atoms with E-state index < -0.39 is 0 Å². The maximum Gasteiger partial charge on any atom is 0.223 e. The molecule has 0 spiro atoms. The molecule has 1 fully saturated rings. The number of carbonyl (C=O) groups is 1. The molecule has 1 aliphatic heterocycles. The highest BCUT2D eigenvalue weighted by atomic mass is 16.1. The van der Waals surface area contributed by atoms with Crippen molar-refractivity contribution in [1.29, 1.82) is 0 Å². The van der Waals surface area contributed by atoms with E-state index in [-0.39, 0.29) is 17.9 Å². The van der Waals surface area contributed by atoms with Crippen molar-refractivity contribution in [3.8, 4) is 0 Å². The molecule has 1 heterocycles. The van der Waals surface area contributed by atoms with E-state index in [0.717, 1.165) is 38.9 Å². The van der Waals surface area contributed by atoms with Crippen LogP contribution < -0.4 is 5.32 Å². The number of piperidine rings is 1. The molecule has 3 heteroatoms. The van der Waals surface area contributed by atoms with Crippen molar-refractivity contribution >= 4 is 5.91 Å². The minimum Gasteiger partial charge on any atom is -0.349 e. The van der Waals surface area contributed by atoms with Crippen LogP contribution in [0.5, 0.6) is 0 Å². The van der Waals surface area contributed by atoms with Crippen LogP contribution in [0.15, 0.2) is 48.5 Å². The van der Waals surface area contributed by atoms with Gasteiger partial charge in [-0.2, -0.15) is 0 Å². The number of amides is 1. The monoisotopic (exact) mass is 364 g/mol. The molecule has 2 aromatic carbocycles. The van der Waals surface area contributed by atoms with Gasteiger partial charge in [0.25, 0.3) is 0 Å². The van der Waals surface area contributed by atoms with Crippen molar-refractivity contribution in [2.45, 2.75) is 52.6 Å². The normalized spacial score (nSPS) is 16.9. The first-order chi connectivity index (χ1) is 13.1. The van der Waals surface area contributed by atoms with E-state index >= 15 is 0 Å². The van der Waals surface area contributed by atoms with E-state index in [4.69, 9.17) is 0 Å². The van der Waals surface area contributed by atoms with Crippen LogP contribution in [0.2, 0.25) is 0 Å². The molecule has 0 unspecified atom stereocenters. The molecule has 144 valence electrons. The Labute approximate surface area is 163 Å². The number of rotatable bonds is 6. The molecule has 0 bridgehead atoms. The third kappa shape index (κ3) is 5.20. The first kappa shape index (κ1) is 19.6. The van der Waals surface area contributed by atoms with Gasteiger partial charge in [-0.1, -0.05) is 61.0 Å². The number of nitrogens with one attached hydrogen (secondary N) is 1. The Morgan fingerprint density at radius 1 is 1.07 bits per heavy atom. The number of hydrogen-bond donors (Lipinski definition) is 1. The van der Waals surface area contributed by atoms with Gasteiger partial charge < -0.3 is 5.32 Å². The lowest BCUT2D eigenvalue weighted by molar-refractivity contribution is -0.127. The Hall–Kier alpha value is -2.13. The molecule has 1 atom stereocenters. The van der Waals surface area contributed by atoms with Crippen molar-refractivity contribution in [3.63, 3.8) is 0 Å². The highest BCUT2D eigenvalue weighted by Crippen LogP contribution is 2.23. The van der Waals surface area contributed by atoms with Crippen LogP contribution in [0.25, 0.3) is 0 Å². The first-order valence-electron chi connectivity index (χ1n) is 10.2. The minimum absolute atomic E-state index is 0.114. The summed E-state index contributed by atoms with van der Waals surface area (Å²) < 4.78 is 0. The van der Waals surface area contributed by atoms with Crippen molar-refractivity contribution in [1.82, 2.24) is 10.2 Å². The Balaban J connectivity index is 1.52. The third-order valence-electron chi connectivity index (χ3n) is 5.82. The standard InChI is InChI=1S/C24H32N2O/c1-4-23(20-11-9-18(2)10-12-20)25-24(27)21-13-15-26(16-14-21)17-22-8-6-5-7-19(22)3/h5-12,21,23H,4,13-17H2,1-3H3,(H,25,27)/t23-/m1/s1. The molecule has 1 aliphatic rings. The third-order valence-corrected chi connectivity index (χ3v) is 5.82. The summed E-state index contributed by atoms with van der Waals surface area (Å²) in [5.74, 6) is 0.357. The average molecular weight is 365 g/mol. The molecule has 0 aliphatic carbocycles. The molecule has 3 nitrogen and oxygen atoms in total. The maximum absolute atomic E-state index is 12.8. The highest BCUT2D eigenvalue weighted by Gasteiger charge is 2.26. The van der Waals surface area contributed by atoms with Crippen LogP contribution in [0.3, 0.4) is 0 Å². The summed E-state index contributed by atoms with van der Waals surface area (Å²) in [6.07, 6.45) is 2.81. The lowest BCUT2D eigenvalue weighted by Gasteiger charge is -2.32. The Bertz CT molecular complexity index is 745. The summed E-state index contributed by atoms with van der Waals surface area (Å²) in [4.78, 5) is 15.3. The van der Waals surface area contributed by atoms with E-state index in [1.165, 1.54) is 22.3 Å². The molecule has 0 aromatic heterocycles. The molecule has 1 N–H and O–H groups in total. The van der Waals surface area contributed by atoms with E-state index in [0.29, 0.717) is 0 Å². The average Bonchev–Trinajstić information content (AvgIpc) is 2.69. The molecular weight excluding hydrogens is 332 g/mol. The molecule has 3 rings (SSSR count). The maximum atomic E-state index is 12.8. The van der Waals surface area contributed by atoms with Crippen molar-refractivity contribution in [2.75, 3.05) is 13.1 Å². The molecule has 0 radical (unpaired) electrons. The fraction of sp³-hybridized carbons (Fsp3) is 0.458. The topological polar surface area (TPSA) is 32.3 Å². The Morgan fingerprint density at radius 2 is 1.74 bits per heavy atom. The molecule has 0 saturated carbocycles. The lowest BCUT2D eigenvalue weighted by Crippen LogP contribution is -2.41. The van der Waals surface area contributed by atoms with E-state index in [9.17, 15) is 4.79 Å². The largest absolute Gasteiger partial charge is 0.349 e. The predicted octanol–water partition coefficient (Wildman–Crippen LogP) is 4.78. The predicted molar refractivity (Wildman–Crippen MR) is 112 cm³/mol. The number of hydrogen-bond acceptors (Lipinski definition) is 2. The molecule has 27 heavy (non-hydrogen) atoms. The summed E-state index contributed by atoms with van der Waals surface area (Å²) in [7, 11) is 0. The summed E-state index contributed by atoms with van der Waals surface area (Å²) in [6, 6.07) is 17.2. The molecule has 1 amide bonds. The quantitative estimate of drug-likeness (QED) is 0.800. The van der Waals surface area contributed by atoms with Gasteiger partial charge in [0, 0.05) is 12.5 Å². The highest BCUT2D eigenvalue weighted by molar-refractivity contribution is 5.79. The lowest BCUT2D eigenvalue weighted by atomic mass is 9.94. The number of likely N-dealkylation sites (tertiary alicyclic amines) is 1. The fourth-order valence-electron chi connectivity index (χ4n) is 3.89. The molecule has 1 saturated heterocycles. The second-order valence-corrected chi connectivity index (χ2v) is 7.86. The van der Waals surface area contributed by atoms with E-state index in [2.05, 4.69) is 79.5 Å². The van der Waals surface area contributed by atoms with Crippen LogP contribution in [0.4, 0.5) is 0 Å². The van der Waals surface area contributed by atoms with Gasteiger partial charge in [0.15, 0.2) is 0 Å². The zero-order chi connectivity index (χ0) is 19.2. The van der Waals surface area contributed by atoms with Crippen LogP contribution in [0.1, 0.15) is 54.5 Å². The van der Waals surface area contributed by atoms with Crippen molar-refractivity contribution in [2.24, 2.45) is 5.92 Å². The van der Waals surface area contributed by atoms with E-state index in [1.807, 2.05) is 0 Å². The second kappa shape index (κ2) is 9.18. The smallest absolute Gasteiger partial charge is 0.223 e. The van der Waals surface area contributed by atoms with Gasteiger partial charge in [-0.3, -0.25) is 9.69 Å². The van der Waals surface area contributed by atoms with Crippen LogP contribution in [0, 0.1) is 19.8 Å². The number of nitrogens with zero attached hydrogens (tertiary/aromatic N) is 1. The van der Waals surface area contributed by atoms with Crippen LogP contribution in [-0.2, 0) is 11.3 Å². The van der Waals surface area contributed by atoms with Crippen LogP contribution in [-0.4, -0.2) is 23.9 Å². The molecular formula is C24H32N2O. The summed E-state index contributed by atoms with van der Waals surface area (Å²) in [6.45, 7) is 9.37. The van der Waals surface area contributed by atoms with Gasteiger partial charge in [-0.25, -0.2) is 0 Å². The Morgan fingerprint density at radius 3 is 2.37 bits per heavy atom. The number of benzene rings is 2. The minimum atomic E-state index is 0.114.